The molecular weight excluding hydrogens is 398 g/mol. The van der Waals surface area contributed by atoms with Crippen molar-refractivity contribution in [2.75, 3.05) is 18.4 Å². The van der Waals surface area contributed by atoms with Gasteiger partial charge in [-0.2, -0.15) is 0 Å². The third-order valence-corrected chi connectivity index (χ3v) is 5.20. The topological polar surface area (TPSA) is 134 Å². The Morgan fingerprint density at radius 1 is 1.03 bits per heavy atom. The highest BCUT2D eigenvalue weighted by molar-refractivity contribution is 7.89. The molecule has 2 aromatic rings. The van der Waals surface area contributed by atoms with Gasteiger partial charge in [0.05, 0.1) is 4.90 Å². The number of ether oxygens (including phenoxy) is 1. The number of amides is 2. The fraction of sp³-hybridized carbons (Fsp3) is 0.263. The highest BCUT2D eigenvalue weighted by atomic mass is 32.2. The van der Waals surface area contributed by atoms with Crippen molar-refractivity contribution in [1.82, 2.24) is 10.0 Å². The predicted molar refractivity (Wildman–Crippen MR) is 107 cm³/mol. The first-order chi connectivity index (χ1) is 13.7. The molecule has 1 unspecified atom stereocenters. The van der Waals surface area contributed by atoms with Crippen LogP contribution in [-0.4, -0.2) is 44.5 Å². The van der Waals surface area contributed by atoms with E-state index in [1.54, 1.807) is 6.92 Å². The van der Waals surface area contributed by atoms with Gasteiger partial charge in [0.1, 0.15) is 11.5 Å². The monoisotopic (exact) mass is 421 g/mol. The molecule has 0 bridgehead atoms. The van der Waals surface area contributed by atoms with E-state index in [-0.39, 0.29) is 29.6 Å². The number of carbonyl (C=O) groups excluding carboxylic acids is 2. The van der Waals surface area contributed by atoms with Crippen molar-refractivity contribution >= 4 is 27.5 Å². The lowest BCUT2D eigenvalue weighted by Gasteiger charge is -2.15. The van der Waals surface area contributed by atoms with Gasteiger partial charge >= 0.3 is 0 Å². The number of hydrogen-bond acceptors (Lipinski definition) is 6. The van der Waals surface area contributed by atoms with Crippen molar-refractivity contribution < 1.29 is 27.9 Å². The smallest absolute Gasteiger partial charge is 0.260 e. The maximum absolute atomic E-state index is 12.3. The third kappa shape index (κ3) is 7.09. The van der Waals surface area contributed by atoms with Crippen LogP contribution in [0.4, 0.5) is 5.69 Å². The number of benzene rings is 2. The first kappa shape index (κ1) is 22.2. The van der Waals surface area contributed by atoms with Crippen LogP contribution in [0.3, 0.4) is 0 Å². The summed E-state index contributed by atoms with van der Waals surface area (Å²) in [6, 6.07) is 11.7. The molecule has 0 aliphatic carbocycles. The molecule has 4 N–H and O–H groups in total. The standard InChI is InChI=1S/C19H23N3O6S/c1-13(28-17-7-5-16(24)6-8-17)19(25)20-11-12-21-29(26,27)18-9-3-15(4-10-18)22-14(2)23/h3-10,13,21,24H,11-12H2,1-2H3,(H,20,25)(H,22,23). The lowest BCUT2D eigenvalue weighted by Crippen LogP contribution is -2.40. The molecule has 10 heteroatoms. The number of anilines is 1. The van der Waals surface area contributed by atoms with Gasteiger partial charge < -0.3 is 20.5 Å². The highest BCUT2D eigenvalue weighted by Gasteiger charge is 2.16. The van der Waals surface area contributed by atoms with Gasteiger partial charge in [0, 0.05) is 25.7 Å². The minimum Gasteiger partial charge on any atom is -0.508 e. The van der Waals surface area contributed by atoms with Gasteiger partial charge in [-0.25, -0.2) is 13.1 Å². The molecule has 0 radical (unpaired) electrons. The number of sulfonamides is 1. The summed E-state index contributed by atoms with van der Waals surface area (Å²) < 4.78 is 32.3. The summed E-state index contributed by atoms with van der Waals surface area (Å²) in [6.07, 6.45) is -0.794. The lowest BCUT2D eigenvalue weighted by atomic mass is 10.3. The summed E-state index contributed by atoms with van der Waals surface area (Å²) in [5, 5.41) is 14.4. The maximum atomic E-state index is 12.3. The number of phenolic OH excluding ortho intramolecular Hbond substituents is 1. The third-order valence-electron chi connectivity index (χ3n) is 3.72. The minimum absolute atomic E-state index is 0.00650. The van der Waals surface area contributed by atoms with Crippen LogP contribution in [0, 0.1) is 0 Å². The Morgan fingerprint density at radius 2 is 1.66 bits per heavy atom. The summed E-state index contributed by atoms with van der Waals surface area (Å²) in [5.41, 5.74) is 0.492. The SMILES string of the molecule is CC(=O)Nc1ccc(S(=O)(=O)NCCNC(=O)C(C)Oc2ccc(O)cc2)cc1. The Kier molecular flexibility index (Phi) is 7.57. The zero-order chi connectivity index (χ0) is 21.4. The first-order valence-electron chi connectivity index (χ1n) is 8.78. The van der Waals surface area contributed by atoms with Crippen LogP contribution in [0.25, 0.3) is 0 Å². The average molecular weight is 421 g/mol. The molecule has 0 aromatic heterocycles. The summed E-state index contributed by atoms with van der Waals surface area (Å²) in [7, 11) is -3.75. The van der Waals surface area contributed by atoms with Gasteiger partial charge in [-0.05, 0) is 55.5 Å². The zero-order valence-electron chi connectivity index (χ0n) is 16.0. The summed E-state index contributed by atoms with van der Waals surface area (Å²) in [6.45, 7) is 2.98. The molecule has 156 valence electrons. The Hall–Kier alpha value is -3.11. The van der Waals surface area contributed by atoms with E-state index in [1.807, 2.05) is 0 Å². The first-order valence-corrected chi connectivity index (χ1v) is 10.3. The number of nitrogens with one attached hydrogen (secondary N) is 3. The van der Waals surface area contributed by atoms with Gasteiger partial charge in [-0.15, -0.1) is 0 Å². The molecule has 2 aromatic carbocycles. The molecule has 0 saturated carbocycles. The molecule has 1 atom stereocenters. The molecule has 0 fully saturated rings. The number of rotatable bonds is 9. The molecule has 0 spiro atoms. The van der Waals surface area contributed by atoms with Crippen molar-refractivity contribution in [2.45, 2.75) is 24.8 Å². The second-order valence-corrected chi connectivity index (χ2v) is 7.92. The summed E-state index contributed by atoms with van der Waals surface area (Å²) in [4.78, 5) is 23.1. The molecule has 2 rings (SSSR count). The lowest BCUT2D eigenvalue weighted by molar-refractivity contribution is -0.127. The van der Waals surface area contributed by atoms with Gasteiger partial charge in [0.25, 0.3) is 5.91 Å². The van der Waals surface area contributed by atoms with Gasteiger partial charge in [0.15, 0.2) is 6.10 Å². The fourth-order valence-corrected chi connectivity index (χ4v) is 3.33. The van der Waals surface area contributed by atoms with E-state index < -0.39 is 22.0 Å². The number of aromatic hydroxyl groups is 1. The van der Waals surface area contributed by atoms with E-state index in [0.717, 1.165) is 0 Å². The van der Waals surface area contributed by atoms with Gasteiger partial charge in [-0.1, -0.05) is 0 Å². The van der Waals surface area contributed by atoms with Gasteiger partial charge in [0.2, 0.25) is 15.9 Å². The molecular formula is C19H23N3O6S. The van der Waals surface area contributed by atoms with Crippen molar-refractivity contribution in [2.24, 2.45) is 0 Å². The van der Waals surface area contributed by atoms with E-state index in [4.69, 9.17) is 4.74 Å². The number of carbonyl (C=O) groups is 2. The average Bonchev–Trinajstić information content (AvgIpc) is 2.67. The Labute approximate surface area is 169 Å². The van der Waals surface area contributed by atoms with E-state index in [2.05, 4.69) is 15.4 Å². The zero-order valence-corrected chi connectivity index (χ0v) is 16.8. The van der Waals surface area contributed by atoms with Gasteiger partial charge in [-0.3, -0.25) is 9.59 Å². The minimum atomic E-state index is -3.75. The van der Waals surface area contributed by atoms with Crippen molar-refractivity contribution in [3.63, 3.8) is 0 Å². The van der Waals surface area contributed by atoms with Crippen LogP contribution in [0.5, 0.6) is 11.5 Å². The molecule has 0 aliphatic heterocycles. The second kappa shape index (κ2) is 9.89. The van der Waals surface area contributed by atoms with Crippen LogP contribution < -0.4 is 20.1 Å². The van der Waals surface area contributed by atoms with Crippen molar-refractivity contribution in [3.05, 3.63) is 48.5 Å². The van der Waals surface area contributed by atoms with E-state index in [0.29, 0.717) is 11.4 Å². The van der Waals surface area contributed by atoms with Crippen LogP contribution in [0.1, 0.15) is 13.8 Å². The number of hydrogen-bond donors (Lipinski definition) is 4. The van der Waals surface area contributed by atoms with Crippen molar-refractivity contribution in [3.8, 4) is 11.5 Å². The fourth-order valence-electron chi connectivity index (χ4n) is 2.30. The quantitative estimate of drug-likeness (QED) is 0.450. The maximum Gasteiger partial charge on any atom is 0.260 e. The van der Waals surface area contributed by atoms with Crippen LogP contribution in [0.2, 0.25) is 0 Å². The molecule has 9 nitrogen and oxygen atoms in total. The van der Waals surface area contributed by atoms with Crippen LogP contribution >= 0.6 is 0 Å². The van der Waals surface area contributed by atoms with E-state index in [1.165, 1.54) is 55.5 Å². The Morgan fingerprint density at radius 3 is 2.24 bits per heavy atom. The van der Waals surface area contributed by atoms with E-state index >= 15 is 0 Å². The highest BCUT2D eigenvalue weighted by Crippen LogP contribution is 2.17. The Balaban J connectivity index is 1.78. The molecule has 0 heterocycles. The van der Waals surface area contributed by atoms with Crippen molar-refractivity contribution in [1.29, 1.82) is 0 Å². The second-order valence-electron chi connectivity index (χ2n) is 6.15. The normalized spacial score (nSPS) is 12.1. The largest absolute Gasteiger partial charge is 0.508 e. The summed E-state index contributed by atoms with van der Waals surface area (Å²) in [5.74, 6) is -0.143. The predicted octanol–water partition coefficient (Wildman–Crippen LogP) is 1.21. The van der Waals surface area contributed by atoms with E-state index in [9.17, 15) is 23.1 Å². The molecule has 2 amide bonds. The van der Waals surface area contributed by atoms with Crippen LogP contribution in [-0.2, 0) is 19.6 Å². The molecule has 29 heavy (non-hydrogen) atoms. The molecule has 0 saturated heterocycles. The molecule has 0 aliphatic rings. The summed E-state index contributed by atoms with van der Waals surface area (Å²) >= 11 is 0. The number of phenols is 1. The van der Waals surface area contributed by atoms with Crippen LogP contribution in [0.15, 0.2) is 53.4 Å². The Bertz CT molecular complexity index is 943.